The Labute approximate surface area is 98.0 Å². The van der Waals surface area contributed by atoms with Crippen molar-refractivity contribution in [2.45, 2.75) is 37.7 Å². The molecule has 0 bridgehead atoms. The Kier molecular flexibility index (Phi) is 4.16. The number of hydrogen-bond acceptors (Lipinski definition) is 2. The normalized spacial score (nSPS) is 26.0. The van der Waals surface area contributed by atoms with E-state index in [1.54, 1.807) is 6.92 Å². The van der Waals surface area contributed by atoms with Gasteiger partial charge in [-0.3, -0.25) is 0 Å². The first kappa shape index (κ1) is 15.5. The lowest BCUT2D eigenvalue weighted by atomic mass is 10.0. The molecule has 2 nitrogen and oxygen atoms in total. The highest BCUT2D eigenvalue weighted by Gasteiger charge is 2.62. The fraction of sp³-hybridized carbons (Fsp3) is 1.00. The molecule has 0 amide bonds. The molecule has 0 saturated carbocycles. The molecule has 2 atom stereocenters. The van der Waals surface area contributed by atoms with E-state index < -0.39 is 37.3 Å². The Morgan fingerprint density at radius 2 is 1.67 bits per heavy atom. The quantitative estimate of drug-likeness (QED) is 0.722. The van der Waals surface area contributed by atoms with Gasteiger partial charge in [0.2, 0.25) is 0 Å². The van der Waals surface area contributed by atoms with Gasteiger partial charge >= 0.3 is 18.2 Å². The molecule has 9 heteroatoms. The lowest BCUT2D eigenvalue weighted by molar-refractivity contribution is -0.374. The van der Waals surface area contributed by atoms with E-state index in [4.69, 9.17) is 4.74 Å². The third-order valence-electron chi connectivity index (χ3n) is 2.49. The monoisotopic (exact) mass is 284 g/mol. The van der Waals surface area contributed by atoms with E-state index in [1.807, 2.05) is 0 Å². The van der Waals surface area contributed by atoms with Crippen LogP contribution in [0.4, 0.5) is 30.7 Å². The van der Waals surface area contributed by atoms with Crippen LogP contribution >= 0.6 is 0 Å². The molecule has 1 saturated heterocycles. The summed E-state index contributed by atoms with van der Waals surface area (Å²) in [4.78, 5) is 0. The summed E-state index contributed by atoms with van der Waals surface area (Å²) >= 11 is 0. The first-order valence-corrected chi connectivity index (χ1v) is 5.02. The highest BCUT2D eigenvalue weighted by Crippen LogP contribution is 2.43. The maximum atomic E-state index is 12.9. The van der Waals surface area contributed by atoms with Crippen molar-refractivity contribution in [2.24, 2.45) is 5.92 Å². The average Bonchev–Trinajstić information content (AvgIpc) is 2.11. The minimum absolute atomic E-state index is 0.156. The number of rotatable bonds is 5. The predicted octanol–water partition coefficient (Wildman–Crippen LogP) is 3.22. The van der Waals surface area contributed by atoms with Crippen LogP contribution in [-0.4, -0.2) is 37.5 Å². The number of halogens is 7. The van der Waals surface area contributed by atoms with Crippen LogP contribution in [0.15, 0.2) is 0 Å². The molecular formula is C9H11F7O2. The van der Waals surface area contributed by atoms with Gasteiger partial charge in [-0.15, -0.1) is 0 Å². The zero-order valence-electron chi connectivity index (χ0n) is 9.24. The van der Waals surface area contributed by atoms with Crippen LogP contribution in [0.5, 0.6) is 0 Å². The first-order valence-electron chi connectivity index (χ1n) is 5.02. The Morgan fingerprint density at radius 3 is 2.00 bits per heavy atom. The van der Waals surface area contributed by atoms with Crippen molar-refractivity contribution < 1.29 is 40.2 Å². The molecule has 0 radical (unpaired) electrons. The Morgan fingerprint density at radius 1 is 1.11 bits per heavy atom. The summed E-state index contributed by atoms with van der Waals surface area (Å²) < 4.78 is 94.7. The van der Waals surface area contributed by atoms with Crippen LogP contribution in [0, 0.1) is 5.92 Å². The molecule has 0 aromatic heterocycles. The first-order chi connectivity index (χ1) is 7.95. The molecule has 0 aromatic rings. The maximum absolute atomic E-state index is 12.9. The van der Waals surface area contributed by atoms with E-state index in [9.17, 15) is 30.7 Å². The third-order valence-corrected chi connectivity index (χ3v) is 2.49. The summed E-state index contributed by atoms with van der Waals surface area (Å²) in [5, 5.41) is 0. The lowest BCUT2D eigenvalue weighted by Crippen LogP contribution is -2.49. The van der Waals surface area contributed by atoms with Gasteiger partial charge in [0.25, 0.3) is 0 Å². The predicted molar refractivity (Wildman–Crippen MR) is 45.4 cm³/mol. The minimum Gasteiger partial charge on any atom is -0.375 e. The van der Waals surface area contributed by atoms with Gasteiger partial charge < -0.3 is 9.47 Å². The van der Waals surface area contributed by atoms with Gasteiger partial charge in [0, 0.05) is 5.92 Å². The molecule has 0 N–H and O–H groups in total. The smallest absolute Gasteiger partial charge is 0.375 e. The van der Waals surface area contributed by atoms with E-state index >= 15 is 0 Å². The van der Waals surface area contributed by atoms with Crippen LogP contribution < -0.4 is 0 Å². The van der Waals surface area contributed by atoms with E-state index in [0.29, 0.717) is 0 Å². The highest BCUT2D eigenvalue weighted by atomic mass is 19.4. The zero-order valence-corrected chi connectivity index (χ0v) is 9.24. The zero-order chi connectivity index (χ0) is 14.2. The van der Waals surface area contributed by atoms with E-state index in [1.165, 1.54) is 0 Å². The standard InChI is InChI=1S/C9H11F7O2/c1-5-2-17-6(5)3-18-9(15,16)7(10,11)4-8(12,13)14/h5-6H,2-4H2,1H3. The van der Waals surface area contributed by atoms with E-state index in [2.05, 4.69) is 4.74 Å². The Bertz CT molecular complexity index is 289. The number of alkyl halides is 7. The summed E-state index contributed by atoms with van der Waals surface area (Å²) in [5.74, 6) is -5.46. The Balaban J connectivity index is 2.54. The SMILES string of the molecule is CC1COC1COC(F)(F)C(F)(F)CC(F)(F)F. The van der Waals surface area contributed by atoms with Crippen LogP contribution in [0.3, 0.4) is 0 Å². The Hall–Kier alpha value is -0.570. The van der Waals surface area contributed by atoms with Crippen LogP contribution in [-0.2, 0) is 9.47 Å². The average molecular weight is 284 g/mol. The van der Waals surface area contributed by atoms with Crippen LogP contribution in [0.1, 0.15) is 13.3 Å². The van der Waals surface area contributed by atoms with Gasteiger partial charge in [-0.1, -0.05) is 6.92 Å². The molecule has 0 aromatic carbocycles. The van der Waals surface area contributed by atoms with Gasteiger partial charge in [-0.05, 0) is 0 Å². The molecule has 2 unspecified atom stereocenters. The summed E-state index contributed by atoms with van der Waals surface area (Å²) in [5.41, 5.74) is 0. The van der Waals surface area contributed by atoms with E-state index in [0.717, 1.165) is 0 Å². The fourth-order valence-corrected chi connectivity index (χ4v) is 1.28. The van der Waals surface area contributed by atoms with Gasteiger partial charge in [-0.2, -0.15) is 30.7 Å². The fourth-order valence-electron chi connectivity index (χ4n) is 1.28. The van der Waals surface area contributed by atoms with Crippen molar-refractivity contribution in [1.29, 1.82) is 0 Å². The molecule has 108 valence electrons. The van der Waals surface area contributed by atoms with Crippen molar-refractivity contribution in [3.05, 3.63) is 0 Å². The van der Waals surface area contributed by atoms with E-state index in [-0.39, 0.29) is 12.5 Å². The second kappa shape index (κ2) is 4.84. The van der Waals surface area contributed by atoms with Crippen LogP contribution in [0.25, 0.3) is 0 Å². The van der Waals surface area contributed by atoms with Crippen molar-refractivity contribution in [3.63, 3.8) is 0 Å². The topological polar surface area (TPSA) is 18.5 Å². The molecule has 1 aliphatic heterocycles. The summed E-state index contributed by atoms with van der Waals surface area (Å²) in [7, 11) is 0. The lowest BCUT2D eigenvalue weighted by Gasteiger charge is -2.36. The molecular weight excluding hydrogens is 273 g/mol. The third kappa shape index (κ3) is 3.71. The molecule has 18 heavy (non-hydrogen) atoms. The molecule has 1 fully saturated rings. The molecule has 0 spiro atoms. The van der Waals surface area contributed by atoms with Gasteiger partial charge in [0.05, 0.1) is 19.3 Å². The summed E-state index contributed by atoms with van der Waals surface area (Å²) in [6, 6.07) is 0. The summed E-state index contributed by atoms with van der Waals surface area (Å²) in [6.07, 6.45) is -14.3. The van der Waals surface area contributed by atoms with Crippen molar-refractivity contribution in [2.75, 3.05) is 13.2 Å². The van der Waals surface area contributed by atoms with Crippen molar-refractivity contribution in [1.82, 2.24) is 0 Å². The largest absolute Gasteiger partial charge is 0.419 e. The maximum Gasteiger partial charge on any atom is 0.419 e. The highest BCUT2D eigenvalue weighted by molar-refractivity contribution is 4.82. The van der Waals surface area contributed by atoms with Gasteiger partial charge in [0.1, 0.15) is 6.42 Å². The van der Waals surface area contributed by atoms with Crippen molar-refractivity contribution >= 4 is 0 Å². The number of ether oxygens (including phenoxy) is 2. The minimum atomic E-state index is -5.41. The van der Waals surface area contributed by atoms with Gasteiger partial charge in [0.15, 0.2) is 0 Å². The summed E-state index contributed by atoms with van der Waals surface area (Å²) in [6.45, 7) is 1.02. The number of hydrogen-bond donors (Lipinski definition) is 0. The van der Waals surface area contributed by atoms with Crippen molar-refractivity contribution in [3.8, 4) is 0 Å². The molecule has 1 rings (SSSR count). The molecule has 0 aliphatic carbocycles. The second-order valence-corrected chi connectivity index (χ2v) is 4.17. The molecule has 1 heterocycles. The molecule has 1 aliphatic rings. The van der Waals surface area contributed by atoms with Crippen LogP contribution in [0.2, 0.25) is 0 Å². The second-order valence-electron chi connectivity index (χ2n) is 4.17. The van der Waals surface area contributed by atoms with Gasteiger partial charge in [-0.25, -0.2) is 0 Å².